The third kappa shape index (κ3) is 5.76. The fraction of sp³-hybridized carbons (Fsp3) is 0.263. The Bertz CT molecular complexity index is 1240. The molecule has 3 rings (SSSR count). The molecule has 4 N–H and O–H groups in total. The lowest BCUT2D eigenvalue weighted by molar-refractivity contribution is -0.137. The van der Waals surface area contributed by atoms with Crippen molar-refractivity contribution < 1.29 is 33.0 Å². The molecule has 34 heavy (non-hydrogen) atoms. The molecule has 0 saturated heterocycles. The number of hydrogen-bond acceptors (Lipinski definition) is 9. The zero-order valence-corrected chi connectivity index (χ0v) is 19.0. The molecule has 180 valence electrons. The van der Waals surface area contributed by atoms with Crippen LogP contribution in [0.3, 0.4) is 0 Å². The van der Waals surface area contributed by atoms with Gasteiger partial charge in [-0.2, -0.15) is 13.2 Å². The molecule has 0 radical (unpaired) electrons. The summed E-state index contributed by atoms with van der Waals surface area (Å²) in [6, 6.07) is 1.02. The fourth-order valence-corrected chi connectivity index (χ4v) is 3.81. The molecule has 3 heterocycles. The third-order valence-corrected chi connectivity index (χ3v) is 6.06. The van der Waals surface area contributed by atoms with Gasteiger partial charge in [-0.3, -0.25) is 4.79 Å². The molecule has 0 spiro atoms. The number of carboxylic acid groups (broad SMARTS) is 1. The molecule has 0 aromatic carbocycles. The third-order valence-electron chi connectivity index (χ3n) is 4.37. The average Bonchev–Trinajstić information content (AvgIpc) is 3.26. The van der Waals surface area contributed by atoms with E-state index in [-0.39, 0.29) is 22.1 Å². The Morgan fingerprint density at radius 3 is 2.44 bits per heavy atom. The molecule has 0 aliphatic carbocycles. The number of pyridine rings is 1. The SMILES string of the molecule is CC(NC(=O)c1cc(C(=O)O)ncn1)c1ncc(C(C)(O)Nc2cc(C(F)(F)F)c(Cl)cn2)s1. The quantitative estimate of drug-likeness (QED) is 0.346. The zero-order chi connectivity index (χ0) is 25.3. The number of amides is 1. The topological polar surface area (TPSA) is 150 Å². The molecule has 0 aliphatic rings. The van der Waals surface area contributed by atoms with E-state index in [9.17, 15) is 27.9 Å². The highest BCUT2D eigenvalue weighted by Crippen LogP contribution is 2.37. The summed E-state index contributed by atoms with van der Waals surface area (Å²) >= 11 is 6.55. The van der Waals surface area contributed by atoms with E-state index in [0.29, 0.717) is 11.1 Å². The Balaban J connectivity index is 1.74. The van der Waals surface area contributed by atoms with Crippen LogP contribution in [0.5, 0.6) is 0 Å². The molecular formula is C19H16ClF3N6O4S. The van der Waals surface area contributed by atoms with Crippen molar-refractivity contribution in [1.29, 1.82) is 0 Å². The summed E-state index contributed by atoms with van der Waals surface area (Å²) < 4.78 is 39.2. The minimum atomic E-state index is -4.71. The maximum atomic E-state index is 13.1. The van der Waals surface area contributed by atoms with Crippen molar-refractivity contribution in [3.05, 3.63) is 62.7 Å². The summed E-state index contributed by atoms with van der Waals surface area (Å²) in [4.78, 5) is 38.8. The highest BCUT2D eigenvalue weighted by atomic mass is 35.5. The number of halogens is 4. The minimum absolute atomic E-state index is 0.168. The largest absolute Gasteiger partial charge is 0.477 e. The lowest BCUT2D eigenvalue weighted by Crippen LogP contribution is -2.31. The molecule has 2 unspecified atom stereocenters. The number of carbonyl (C=O) groups excluding carboxylic acids is 1. The van der Waals surface area contributed by atoms with Crippen LogP contribution in [0, 0.1) is 0 Å². The van der Waals surface area contributed by atoms with Gasteiger partial charge in [0, 0.05) is 18.5 Å². The first-order valence-corrected chi connectivity index (χ1v) is 10.5. The van der Waals surface area contributed by atoms with Crippen molar-refractivity contribution >= 4 is 40.6 Å². The summed E-state index contributed by atoms with van der Waals surface area (Å²) in [5, 5.41) is 24.6. The molecule has 3 aromatic rings. The Hall–Kier alpha value is -3.36. The number of nitrogens with one attached hydrogen (secondary N) is 2. The maximum absolute atomic E-state index is 13.1. The number of carbonyl (C=O) groups is 2. The second-order valence-corrected chi connectivity index (χ2v) is 8.57. The number of aromatic nitrogens is 4. The molecule has 0 saturated carbocycles. The summed E-state index contributed by atoms with van der Waals surface area (Å²) in [5.41, 5.74) is -3.48. The first kappa shape index (κ1) is 25.3. The second-order valence-electron chi connectivity index (χ2n) is 7.10. The van der Waals surface area contributed by atoms with E-state index in [4.69, 9.17) is 16.7 Å². The lowest BCUT2D eigenvalue weighted by Gasteiger charge is -2.24. The van der Waals surface area contributed by atoms with Crippen LogP contribution < -0.4 is 10.6 Å². The monoisotopic (exact) mass is 516 g/mol. The van der Waals surface area contributed by atoms with E-state index >= 15 is 0 Å². The second kappa shape index (κ2) is 9.48. The number of aliphatic hydroxyl groups is 1. The van der Waals surface area contributed by atoms with Gasteiger partial charge in [0.25, 0.3) is 5.91 Å². The Morgan fingerprint density at radius 2 is 1.79 bits per heavy atom. The molecule has 0 fully saturated rings. The van der Waals surface area contributed by atoms with Crippen LogP contribution in [0.1, 0.15) is 56.3 Å². The van der Waals surface area contributed by atoms with E-state index < -0.39 is 40.4 Å². The van der Waals surface area contributed by atoms with Gasteiger partial charge < -0.3 is 20.8 Å². The van der Waals surface area contributed by atoms with Crippen LogP contribution in [-0.2, 0) is 11.9 Å². The molecule has 10 nitrogen and oxygen atoms in total. The smallest absolute Gasteiger partial charge is 0.418 e. The van der Waals surface area contributed by atoms with Crippen LogP contribution in [0.2, 0.25) is 5.02 Å². The molecule has 0 aliphatic heterocycles. The number of hydrogen-bond donors (Lipinski definition) is 4. The van der Waals surface area contributed by atoms with Gasteiger partial charge in [-0.25, -0.2) is 24.7 Å². The molecule has 0 bridgehead atoms. The van der Waals surface area contributed by atoms with Gasteiger partial charge in [0.15, 0.2) is 11.4 Å². The van der Waals surface area contributed by atoms with Crippen LogP contribution in [-0.4, -0.2) is 42.0 Å². The lowest BCUT2D eigenvalue weighted by atomic mass is 10.2. The molecule has 1 amide bonds. The van der Waals surface area contributed by atoms with Gasteiger partial charge in [-0.1, -0.05) is 11.6 Å². The molecule has 3 aromatic heterocycles. The molecule has 2 atom stereocenters. The summed E-state index contributed by atoms with van der Waals surface area (Å²) in [6.45, 7) is 2.89. The van der Waals surface area contributed by atoms with Gasteiger partial charge in [-0.15, -0.1) is 11.3 Å². The van der Waals surface area contributed by atoms with Crippen LogP contribution in [0.25, 0.3) is 0 Å². The van der Waals surface area contributed by atoms with Crippen molar-refractivity contribution in [2.75, 3.05) is 5.32 Å². The van der Waals surface area contributed by atoms with Gasteiger partial charge in [0.2, 0.25) is 0 Å². The summed E-state index contributed by atoms with van der Waals surface area (Å²) in [5.74, 6) is -2.26. The normalized spacial score (nSPS) is 14.2. The van der Waals surface area contributed by atoms with Crippen LogP contribution >= 0.6 is 22.9 Å². The number of thiazole rings is 1. The van der Waals surface area contributed by atoms with Crippen molar-refractivity contribution in [2.45, 2.75) is 31.8 Å². The highest BCUT2D eigenvalue weighted by Gasteiger charge is 2.35. The van der Waals surface area contributed by atoms with Crippen LogP contribution in [0.4, 0.5) is 19.0 Å². The number of carboxylic acids is 1. The number of nitrogens with zero attached hydrogens (tertiary/aromatic N) is 4. The van der Waals surface area contributed by atoms with E-state index in [1.807, 2.05) is 0 Å². The van der Waals surface area contributed by atoms with Crippen LogP contribution in [0.15, 0.2) is 30.9 Å². The van der Waals surface area contributed by atoms with Crippen molar-refractivity contribution in [1.82, 2.24) is 25.3 Å². The van der Waals surface area contributed by atoms with E-state index in [0.717, 1.165) is 29.9 Å². The maximum Gasteiger partial charge on any atom is 0.418 e. The van der Waals surface area contributed by atoms with Gasteiger partial charge in [0.05, 0.1) is 21.5 Å². The average molecular weight is 517 g/mol. The summed E-state index contributed by atoms with van der Waals surface area (Å²) in [7, 11) is 0. The summed E-state index contributed by atoms with van der Waals surface area (Å²) in [6.07, 6.45) is -1.64. The Labute approximate surface area is 198 Å². The fourth-order valence-electron chi connectivity index (χ4n) is 2.68. The van der Waals surface area contributed by atoms with Gasteiger partial charge >= 0.3 is 12.1 Å². The molecule has 15 heteroatoms. The minimum Gasteiger partial charge on any atom is -0.477 e. The van der Waals surface area contributed by atoms with Gasteiger partial charge in [-0.05, 0) is 19.9 Å². The Morgan fingerprint density at radius 1 is 1.12 bits per heavy atom. The van der Waals surface area contributed by atoms with E-state index in [1.165, 1.54) is 13.1 Å². The van der Waals surface area contributed by atoms with E-state index in [1.54, 1.807) is 6.92 Å². The van der Waals surface area contributed by atoms with Crippen molar-refractivity contribution in [3.8, 4) is 0 Å². The Kier molecular flexibility index (Phi) is 7.05. The highest BCUT2D eigenvalue weighted by molar-refractivity contribution is 7.11. The molecular weight excluding hydrogens is 501 g/mol. The number of anilines is 1. The standard InChI is InChI=1S/C19H16ClF3N6O4S/c1-8(28-15(30)11-4-12(17(31)32)27-7-26-11)16-25-6-13(34-16)18(2,33)29-14-3-9(19(21,22)23)10(20)5-24-14/h3-8,33H,1-2H3,(H,24,29)(H,28,30)(H,31,32). The first-order valence-electron chi connectivity index (χ1n) is 9.33. The van der Waals surface area contributed by atoms with Gasteiger partial charge in [0.1, 0.15) is 22.8 Å². The number of rotatable bonds is 7. The number of aromatic carboxylic acids is 1. The number of alkyl halides is 3. The van der Waals surface area contributed by atoms with Crippen molar-refractivity contribution in [3.63, 3.8) is 0 Å². The van der Waals surface area contributed by atoms with E-state index in [2.05, 4.69) is 30.6 Å². The van der Waals surface area contributed by atoms with Crippen molar-refractivity contribution in [2.24, 2.45) is 0 Å². The predicted octanol–water partition coefficient (Wildman–Crippen LogP) is 3.47. The predicted molar refractivity (Wildman–Crippen MR) is 114 cm³/mol. The zero-order valence-electron chi connectivity index (χ0n) is 17.4. The first-order chi connectivity index (χ1) is 15.8.